The molecule has 2 aromatic rings. The highest BCUT2D eigenvalue weighted by Crippen LogP contribution is 2.44. The van der Waals surface area contributed by atoms with Crippen molar-refractivity contribution in [3.05, 3.63) is 48.0 Å². The summed E-state index contributed by atoms with van der Waals surface area (Å²) in [6.07, 6.45) is 0.266. The number of para-hydroxylation sites is 1. The number of nitrogens with one attached hydrogen (secondary N) is 3. The van der Waals surface area contributed by atoms with Gasteiger partial charge in [-0.15, -0.1) is 0 Å². The highest BCUT2D eigenvalue weighted by Gasteiger charge is 2.33. The number of carboxylic acids is 1. The van der Waals surface area contributed by atoms with Crippen LogP contribution in [-0.4, -0.2) is 47.7 Å². The molecule has 2 aliphatic rings. The van der Waals surface area contributed by atoms with E-state index in [1.165, 1.54) is 0 Å². The van der Waals surface area contributed by atoms with Crippen LogP contribution in [0, 0.1) is 5.92 Å². The molecule has 8 nitrogen and oxygen atoms in total. The smallest absolute Gasteiger partial charge is 0.306 e. The second-order valence-electron chi connectivity index (χ2n) is 9.00. The third-order valence-corrected chi connectivity index (χ3v) is 7.01. The molecule has 0 saturated carbocycles. The zero-order valence-corrected chi connectivity index (χ0v) is 20.0. The predicted molar refractivity (Wildman–Crippen MR) is 130 cm³/mol. The molecule has 1 fully saturated rings. The van der Waals surface area contributed by atoms with Gasteiger partial charge in [-0.3, -0.25) is 14.4 Å². The molecule has 9 heteroatoms. The van der Waals surface area contributed by atoms with E-state index in [0.29, 0.717) is 25.0 Å². The van der Waals surface area contributed by atoms with Gasteiger partial charge in [0.1, 0.15) is 6.04 Å². The van der Waals surface area contributed by atoms with Gasteiger partial charge in [-0.1, -0.05) is 37.7 Å². The third kappa shape index (κ3) is 5.71. The van der Waals surface area contributed by atoms with Crippen molar-refractivity contribution < 1.29 is 24.2 Å². The second kappa shape index (κ2) is 10.5. The van der Waals surface area contributed by atoms with E-state index in [0.717, 1.165) is 21.2 Å². The van der Waals surface area contributed by atoms with Crippen molar-refractivity contribution in [2.45, 2.75) is 61.1 Å². The third-order valence-electron chi connectivity index (χ3n) is 5.86. The first-order chi connectivity index (χ1) is 16.3. The first-order valence-corrected chi connectivity index (χ1v) is 12.2. The molecular weight excluding hydrogens is 454 g/mol. The number of rotatable bonds is 8. The van der Waals surface area contributed by atoms with E-state index in [-0.39, 0.29) is 30.2 Å². The molecule has 180 valence electrons. The van der Waals surface area contributed by atoms with Gasteiger partial charge in [-0.2, -0.15) is 0 Å². The standard InChI is InChI=1S/C25H29N3O5S/c1-14(2)11-19(25(32)27-16-9-10-33-20(16)13-23(29)30)28-24(31)15-7-8-22-18(12-15)26-17-5-3-4-6-21(17)34-22/h3-8,12,14,16,19-20,26H,9-11,13H2,1-2H3,(H,27,32)(H,28,31)(H,29,30)/t16-,19-,20+/m0/s1. The maximum atomic E-state index is 13.1. The lowest BCUT2D eigenvalue weighted by molar-refractivity contribution is -0.140. The number of benzene rings is 2. The normalized spacial score (nSPS) is 19.5. The van der Waals surface area contributed by atoms with Gasteiger partial charge in [-0.25, -0.2) is 0 Å². The van der Waals surface area contributed by atoms with Crippen molar-refractivity contribution in [2.75, 3.05) is 11.9 Å². The average Bonchev–Trinajstić information content (AvgIpc) is 3.22. The van der Waals surface area contributed by atoms with E-state index < -0.39 is 18.1 Å². The molecule has 2 heterocycles. The van der Waals surface area contributed by atoms with Crippen LogP contribution in [-0.2, 0) is 14.3 Å². The van der Waals surface area contributed by atoms with Crippen LogP contribution in [0.3, 0.4) is 0 Å². The minimum Gasteiger partial charge on any atom is -0.481 e. The molecule has 0 bridgehead atoms. The minimum absolute atomic E-state index is 0.170. The fourth-order valence-electron chi connectivity index (χ4n) is 4.20. The van der Waals surface area contributed by atoms with Gasteiger partial charge in [0.25, 0.3) is 5.91 Å². The van der Waals surface area contributed by atoms with Gasteiger partial charge in [0.15, 0.2) is 0 Å². The Kier molecular flexibility index (Phi) is 7.43. The van der Waals surface area contributed by atoms with E-state index in [1.807, 2.05) is 44.2 Å². The quantitative estimate of drug-likeness (QED) is 0.385. The van der Waals surface area contributed by atoms with Gasteiger partial charge < -0.3 is 25.8 Å². The molecule has 0 aliphatic carbocycles. The number of carboxylic acid groups (broad SMARTS) is 1. The van der Waals surface area contributed by atoms with Crippen molar-refractivity contribution in [3.63, 3.8) is 0 Å². The molecule has 1 saturated heterocycles. The molecular formula is C25H29N3O5S. The van der Waals surface area contributed by atoms with Gasteiger partial charge >= 0.3 is 5.97 Å². The molecule has 2 aliphatic heterocycles. The summed E-state index contributed by atoms with van der Waals surface area (Å²) in [5, 5.41) is 18.2. The number of carbonyl (C=O) groups excluding carboxylic acids is 2. The number of hydrogen-bond donors (Lipinski definition) is 4. The van der Waals surface area contributed by atoms with Crippen molar-refractivity contribution in [1.29, 1.82) is 0 Å². The van der Waals surface area contributed by atoms with Crippen LogP contribution in [0.2, 0.25) is 0 Å². The van der Waals surface area contributed by atoms with Gasteiger partial charge in [-0.05, 0) is 49.1 Å². The number of anilines is 2. The number of carbonyl (C=O) groups is 3. The molecule has 4 rings (SSSR count). The van der Waals surface area contributed by atoms with Crippen molar-refractivity contribution in [2.24, 2.45) is 5.92 Å². The summed E-state index contributed by atoms with van der Waals surface area (Å²) in [5.41, 5.74) is 2.30. The van der Waals surface area contributed by atoms with Crippen LogP contribution in [0.1, 0.15) is 43.5 Å². The van der Waals surface area contributed by atoms with E-state index in [4.69, 9.17) is 9.84 Å². The Labute approximate surface area is 202 Å². The van der Waals surface area contributed by atoms with Gasteiger partial charge in [0.2, 0.25) is 5.91 Å². The largest absolute Gasteiger partial charge is 0.481 e. The van der Waals surface area contributed by atoms with E-state index in [9.17, 15) is 14.4 Å². The molecule has 0 spiro atoms. The van der Waals surface area contributed by atoms with Crippen LogP contribution >= 0.6 is 11.8 Å². The van der Waals surface area contributed by atoms with Crippen molar-refractivity contribution in [1.82, 2.24) is 10.6 Å². The lowest BCUT2D eigenvalue weighted by Gasteiger charge is -2.25. The second-order valence-corrected chi connectivity index (χ2v) is 10.1. The van der Waals surface area contributed by atoms with Crippen molar-refractivity contribution >= 4 is 40.9 Å². The Hall–Kier alpha value is -3.04. The number of fused-ring (bicyclic) bond motifs is 2. The molecule has 0 unspecified atom stereocenters. The van der Waals surface area contributed by atoms with Crippen LogP contribution in [0.4, 0.5) is 11.4 Å². The lowest BCUT2D eigenvalue weighted by atomic mass is 10.0. The Morgan fingerprint density at radius 3 is 2.68 bits per heavy atom. The maximum absolute atomic E-state index is 13.1. The summed E-state index contributed by atoms with van der Waals surface area (Å²) in [6.45, 7) is 4.36. The van der Waals surface area contributed by atoms with Crippen molar-refractivity contribution in [3.8, 4) is 0 Å². The zero-order chi connectivity index (χ0) is 24.2. The number of amides is 2. The molecule has 34 heavy (non-hydrogen) atoms. The summed E-state index contributed by atoms with van der Waals surface area (Å²) in [4.78, 5) is 39.4. The topological polar surface area (TPSA) is 117 Å². The predicted octanol–water partition coefficient (Wildman–Crippen LogP) is 3.79. The van der Waals surface area contributed by atoms with Crippen LogP contribution < -0.4 is 16.0 Å². The molecule has 3 atom stereocenters. The average molecular weight is 484 g/mol. The highest BCUT2D eigenvalue weighted by atomic mass is 32.2. The Morgan fingerprint density at radius 1 is 1.15 bits per heavy atom. The lowest BCUT2D eigenvalue weighted by Crippen LogP contribution is -2.52. The first-order valence-electron chi connectivity index (χ1n) is 11.4. The number of ether oxygens (including phenoxy) is 1. The maximum Gasteiger partial charge on any atom is 0.306 e. The summed E-state index contributed by atoms with van der Waals surface area (Å²) in [5.74, 6) is -1.46. The summed E-state index contributed by atoms with van der Waals surface area (Å²) in [6, 6.07) is 12.3. The minimum atomic E-state index is -0.972. The monoisotopic (exact) mass is 483 g/mol. The SMILES string of the molecule is CC(C)C[C@H](NC(=O)c1ccc2c(c1)Nc1ccccc1S2)C(=O)N[C@H]1CCO[C@@H]1CC(=O)O. The fourth-order valence-corrected chi connectivity index (χ4v) is 5.16. The molecule has 4 N–H and O–H groups in total. The summed E-state index contributed by atoms with van der Waals surface area (Å²) in [7, 11) is 0. The van der Waals surface area contributed by atoms with Crippen LogP contribution in [0.25, 0.3) is 0 Å². The van der Waals surface area contributed by atoms with E-state index >= 15 is 0 Å². The Balaban J connectivity index is 1.45. The highest BCUT2D eigenvalue weighted by molar-refractivity contribution is 7.99. The molecule has 2 amide bonds. The Bertz CT molecular complexity index is 1090. The van der Waals surface area contributed by atoms with E-state index in [1.54, 1.807) is 23.9 Å². The summed E-state index contributed by atoms with van der Waals surface area (Å²) < 4.78 is 5.47. The fraction of sp³-hybridized carbons (Fsp3) is 0.400. The molecule has 0 radical (unpaired) electrons. The van der Waals surface area contributed by atoms with Gasteiger partial charge in [0.05, 0.1) is 29.9 Å². The van der Waals surface area contributed by atoms with Gasteiger partial charge in [0, 0.05) is 22.0 Å². The molecule has 0 aromatic heterocycles. The first kappa shape index (κ1) is 24.1. The Morgan fingerprint density at radius 2 is 1.91 bits per heavy atom. The van der Waals surface area contributed by atoms with Crippen LogP contribution in [0.5, 0.6) is 0 Å². The van der Waals surface area contributed by atoms with E-state index in [2.05, 4.69) is 16.0 Å². The molecule has 2 aromatic carbocycles. The number of aliphatic carboxylic acids is 1. The zero-order valence-electron chi connectivity index (χ0n) is 19.2. The summed E-state index contributed by atoms with van der Waals surface area (Å²) >= 11 is 1.64. The number of hydrogen-bond acceptors (Lipinski definition) is 6. The van der Waals surface area contributed by atoms with Crippen LogP contribution in [0.15, 0.2) is 52.3 Å².